The molecule has 1 aromatic carbocycles. The van der Waals surface area contributed by atoms with Crippen molar-refractivity contribution in [3.05, 3.63) is 46.7 Å². The van der Waals surface area contributed by atoms with E-state index in [1.807, 2.05) is 25.1 Å². The number of rotatable bonds is 3. The Bertz CT molecular complexity index is 531. The lowest BCUT2D eigenvalue weighted by atomic mass is 10.2. The first-order valence-corrected chi connectivity index (χ1v) is 6.48. The fourth-order valence-electron chi connectivity index (χ4n) is 1.35. The molecule has 17 heavy (non-hydrogen) atoms. The number of nitrogens with two attached hydrogens (primary N) is 1. The Hall–Kier alpha value is -1.26. The molecule has 0 aliphatic carbocycles. The van der Waals surface area contributed by atoms with Gasteiger partial charge in [-0.2, -0.15) is 0 Å². The molecule has 5 heteroatoms. The molecule has 88 valence electrons. The molecule has 0 radical (unpaired) electrons. The van der Waals surface area contributed by atoms with Crippen molar-refractivity contribution >= 4 is 29.1 Å². The van der Waals surface area contributed by atoms with E-state index in [0.717, 1.165) is 16.4 Å². The molecule has 0 bridgehead atoms. The Morgan fingerprint density at radius 1 is 1.35 bits per heavy atom. The minimum Gasteiger partial charge on any atom is -0.398 e. The summed E-state index contributed by atoms with van der Waals surface area (Å²) < 4.78 is 0. The number of hydrogen-bond donors (Lipinski definition) is 1. The minimum absolute atomic E-state index is 0.606. The van der Waals surface area contributed by atoms with Gasteiger partial charge in [0.25, 0.3) is 0 Å². The van der Waals surface area contributed by atoms with E-state index in [4.69, 9.17) is 17.3 Å². The van der Waals surface area contributed by atoms with Gasteiger partial charge in [-0.3, -0.25) is 0 Å². The molecule has 0 aliphatic heterocycles. The van der Waals surface area contributed by atoms with Gasteiger partial charge in [0, 0.05) is 17.6 Å². The number of nitrogen functional groups attached to an aromatic ring is 1. The van der Waals surface area contributed by atoms with Gasteiger partial charge in [-0.05, 0) is 24.6 Å². The smallest absolute Gasteiger partial charge is 0.188 e. The van der Waals surface area contributed by atoms with E-state index in [1.54, 1.807) is 24.0 Å². The van der Waals surface area contributed by atoms with Crippen LogP contribution in [0.4, 0.5) is 5.69 Å². The molecule has 1 heterocycles. The highest BCUT2D eigenvalue weighted by Crippen LogP contribution is 2.28. The van der Waals surface area contributed by atoms with Crippen molar-refractivity contribution < 1.29 is 0 Å². The molecule has 0 saturated heterocycles. The van der Waals surface area contributed by atoms with Crippen LogP contribution in [0.5, 0.6) is 0 Å². The SMILES string of the molecule is Cc1ccnc(SCc2cccc(N)c2Cl)n1. The first-order chi connectivity index (χ1) is 8.16. The van der Waals surface area contributed by atoms with E-state index in [9.17, 15) is 0 Å². The second kappa shape index (κ2) is 5.38. The molecule has 0 fully saturated rings. The van der Waals surface area contributed by atoms with Crippen molar-refractivity contribution in [2.45, 2.75) is 17.8 Å². The molecular weight excluding hydrogens is 254 g/mol. The summed E-state index contributed by atoms with van der Waals surface area (Å²) >= 11 is 7.66. The van der Waals surface area contributed by atoms with Crippen molar-refractivity contribution in [3.8, 4) is 0 Å². The third-order valence-electron chi connectivity index (χ3n) is 2.24. The standard InChI is InChI=1S/C12H12ClN3S/c1-8-5-6-15-12(16-8)17-7-9-3-2-4-10(14)11(9)13/h2-6H,7,14H2,1H3. The zero-order chi connectivity index (χ0) is 12.3. The average molecular weight is 266 g/mol. The number of aromatic nitrogens is 2. The Labute approximate surface area is 109 Å². The molecule has 0 amide bonds. The maximum Gasteiger partial charge on any atom is 0.188 e. The zero-order valence-electron chi connectivity index (χ0n) is 9.35. The van der Waals surface area contributed by atoms with Gasteiger partial charge in [0.2, 0.25) is 0 Å². The maximum atomic E-state index is 6.11. The van der Waals surface area contributed by atoms with Gasteiger partial charge in [0.1, 0.15) is 0 Å². The molecule has 0 saturated carbocycles. The fourth-order valence-corrected chi connectivity index (χ4v) is 2.49. The lowest BCUT2D eigenvalue weighted by molar-refractivity contribution is 0.932. The Morgan fingerprint density at radius 2 is 2.18 bits per heavy atom. The van der Waals surface area contributed by atoms with Crippen molar-refractivity contribution in [1.82, 2.24) is 9.97 Å². The number of hydrogen-bond acceptors (Lipinski definition) is 4. The molecule has 0 unspecified atom stereocenters. The molecule has 2 aromatic rings. The van der Waals surface area contributed by atoms with Gasteiger partial charge >= 0.3 is 0 Å². The monoisotopic (exact) mass is 265 g/mol. The van der Waals surface area contributed by atoms with Crippen LogP contribution in [0, 0.1) is 6.92 Å². The summed E-state index contributed by atoms with van der Waals surface area (Å²) in [7, 11) is 0. The largest absolute Gasteiger partial charge is 0.398 e. The highest BCUT2D eigenvalue weighted by atomic mass is 35.5. The minimum atomic E-state index is 0.606. The quantitative estimate of drug-likeness (QED) is 0.526. The highest BCUT2D eigenvalue weighted by Gasteiger charge is 2.05. The summed E-state index contributed by atoms with van der Waals surface area (Å²) in [6, 6.07) is 7.52. The number of nitrogens with zero attached hydrogens (tertiary/aromatic N) is 2. The van der Waals surface area contributed by atoms with Gasteiger partial charge in [0.05, 0.1) is 10.7 Å². The van der Waals surface area contributed by atoms with Crippen LogP contribution >= 0.6 is 23.4 Å². The first kappa shape index (κ1) is 12.2. The molecule has 1 aromatic heterocycles. The Kier molecular flexibility index (Phi) is 3.86. The van der Waals surface area contributed by atoms with Crippen LogP contribution in [0.15, 0.2) is 35.6 Å². The summed E-state index contributed by atoms with van der Waals surface area (Å²) in [6.07, 6.45) is 1.76. The molecule has 0 spiro atoms. The molecule has 0 atom stereocenters. The van der Waals surface area contributed by atoms with Gasteiger partial charge in [-0.1, -0.05) is 35.5 Å². The predicted octanol–water partition coefficient (Wildman–Crippen LogP) is 3.31. The predicted molar refractivity (Wildman–Crippen MR) is 72.2 cm³/mol. The van der Waals surface area contributed by atoms with Crippen LogP contribution in [0.25, 0.3) is 0 Å². The van der Waals surface area contributed by atoms with E-state index < -0.39 is 0 Å². The van der Waals surface area contributed by atoms with E-state index >= 15 is 0 Å². The van der Waals surface area contributed by atoms with Crippen LogP contribution in [0.2, 0.25) is 5.02 Å². The average Bonchev–Trinajstić information content (AvgIpc) is 2.31. The number of thioether (sulfide) groups is 1. The van der Waals surface area contributed by atoms with Crippen LogP contribution in [-0.2, 0) is 5.75 Å². The van der Waals surface area contributed by atoms with Gasteiger partial charge in [-0.25, -0.2) is 9.97 Å². The normalized spacial score (nSPS) is 10.5. The molecule has 3 nitrogen and oxygen atoms in total. The van der Waals surface area contributed by atoms with E-state index in [2.05, 4.69) is 9.97 Å². The maximum absolute atomic E-state index is 6.11. The van der Waals surface area contributed by atoms with Crippen molar-refractivity contribution in [2.75, 3.05) is 5.73 Å². The van der Waals surface area contributed by atoms with Gasteiger partial charge < -0.3 is 5.73 Å². The second-order valence-corrected chi connectivity index (χ2v) is 4.91. The van der Waals surface area contributed by atoms with Crippen LogP contribution in [0.3, 0.4) is 0 Å². The van der Waals surface area contributed by atoms with Crippen molar-refractivity contribution in [2.24, 2.45) is 0 Å². The van der Waals surface area contributed by atoms with E-state index in [-0.39, 0.29) is 0 Å². The third-order valence-corrected chi connectivity index (χ3v) is 3.61. The summed E-state index contributed by atoms with van der Waals surface area (Å²) in [5.41, 5.74) is 8.31. The molecule has 2 N–H and O–H groups in total. The van der Waals surface area contributed by atoms with Crippen LogP contribution in [0.1, 0.15) is 11.3 Å². The van der Waals surface area contributed by atoms with E-state index in [0.29, 0.717) is 16.5 Å². The first-order valence-electron chi connectivity index (χ1n) is 5.12. The van der Waals surface area contributed by atoms with Crippen LogP contribution in [-0.4, -0.2) is 9.97 Å². The lowest BCUT2D eigenvalue weighted by Crippen LogP contribution is -1.92. The Morgan fingerprint density at radius 3 is 2.94 bits per heavy atom. The van der Waals surface area contributed by atoms with Crippen LogP contribution < -0.4 is 5.73 Å². The van der Waals surface area contributed by atoms with Gasteiger partial charge in [0.15, 0.2) is 5.16 Å². The van der Waals surface area contributed by atoms with E-state index in [1.165, 1.54) is 0 Å². The summed E-state index contributed by atoms with van der Waals surface area (Å²) in [5, 5.41) is 1.37. The number of aryl methyl sites for hydroxylation is 1. The Balaban J connectivity index is 2.10. The molecular formula is C12H12ClN3S. The van der Waals surface area contributed by atoms with Gasteiger partial charge in [-0.15, -0.1) is 0 Å². The van der Waals surface area contributed by atoms with Crippen molar-refractivity contribution in [3.63, 3.8) is 0 Å². The zero-order valence-corrected chi connectivity index (χ0v) is 10.9. The highest BCUT2D eigenvalue weighted by molar-refractivity contribution is 7.98. The summed E-state index contributed by atoms with van der Waals surface area (Å²) in [4.78, 5) is 8.50. The number of benzene rings is 1. The third kappa shape index (κ3) is 3.11. The molecule has 0 aliphatic rings. The summed E-state index contributed by atoms with van der Waals surface area (Å²) in [6.45, 7) is 1.94. The molecule has 2 rings (SSSR count). The van der Waals surface area contributed by atoms with Crippen molar-refractivity contribution in [1.29, 1.82) is 0 Å². The topological polar surface area (TPSA) is 51.8 Å². The lowest BCUT2D eigenvalue weighted by Gasteiger charge is -2.05. The number of anilines is 1. The number of halogens is 1. The fraction of sp³-hybridized carbons (Fsp3) is 0.167. The summed E-state index contributed by atoms with van der Waals surface area (Å²) in [5.74, 6) is 0.716. The second-order valence-electron chi connectivity index (χ2n) is 3.59.